The first-order valence-corrected chi connectivity index (χ1v) is 9.31. The van der Waals surface area contributed by atoms with Gasteiger partial charge < -0.3 is 10.6 Å². The molecular formula is C20H22N2O2S. The summed E-state index contributed by atoms with van der Waals surface area (Å²) in [4.78, 5) is 25.9. The molecule has 130 valence electrons. The molecule has 2 amide bonds. The molecule has 0 saturated carbocycles. The van der Waals surface area contributed by atoms with Crippen molar-refractivity contribution >= 4 is 35.0 Å². The van der Waals surface area contributed by atoms with Crippen molar-refractivity contribution in [3.63, 3.8) is 0 Å². The molecule has 2 N–H and O–H groups in total. The minimum absolute atomic E-state index is 0.124. The third kappa shape index (κ3) is 3.87. The summed E-state index contributed by atoms with van der Waals surface area (Å²) in [5.74, 6) is -0.264. The van der Waals surface area contributed by atoms with Crippen molar-refractivity contribution in [2.45, 2.75) is 36.8 Å². The van der Waals surface area contributed by atoms with Crippen LogP contribution in [0.25, 0.3) is 0 Å². The Morgan fingerprint density at radius 3 is 2.44 bits per heavy atom. The van der Waals surface area contributed by atoms with Gasteiger partial charge in [-0.3, -0.25) is 9.59 Å². The topological polar surface area (TPSA) is 58.2 Å². The van der Waals surface area contributed by atoms with Crippen LogP contribution < -0.4 is 10.6 Å². The average molecular weight is 354 g/mol. The zero-order valence-electron chi connectivity index (χ0n) is 14.6. The monoisotopic (exact) mass is 354 g/mol. The number of anilines is 2. The molecule has 0 aliphatic carbocycles. The van der Waals surface area contributed by atoms with E-state index in [1.54, 1.807) is 6.92 Å². The lowest BCUT2D eigenvalue weighted by Gasteiger charge is -2.27. The number of thioether (sulfide) groups is 1. The largest absolute Gasteiger partial charge is 0.326 e. The van der Waals surface area contributed by atoms with Crippen LogP contribution in [-0.4, -0.2) is 17.1 Å². The molecule has 4 nitrogen and oxygen atoms in total. The summed E-state index contributed by atoms with van der Waals surface area (Å²) in [6.07, 6.45) is 0. The fraction of sp³-hybridized carbons (Fsp3) is 0.300. The van der Waals surface area contributed by atoms with Gasteiger partial charge in [-0.15, -0.1) is 11.8 Å². The van der Waals surface area contributed by atoms with Gasteiger partial charge in [-0.05, 0) is 35.7 Å². The standard InChI is InChI=1S/C20H22N2O2S/c1-12(2)14-8-10-15(11-9-14)21-19(23)13(3)18-20(24)22-16-6-4-5-7-17(16)25-18/h4-13,18H,1-3H3,(H,21,23)(H,22,24)/t13-,18-/m1/s1. The van der Waals surface area contributed by atoms with Gasteiger partial charge in [0, 0.05) is 10.6 Å². The first-order valence-electron chi connectivity index (χ1n) is 8.43. The van der Waals surface area contributed by atoms with Crippen molar-refractivity contribution in [1.82, 2.24) is 0 Å². The van der Waals surface area contributed by atoms with Gasteiger partial charge in [0.05, 0.1) is 16.9 Å². The lowest BCUT2D eigenvalue weighted by molar-refractivity contribution is -0.123. The number of carbonyl (C=O) groups excluding carboxylic acids is 2. The van der Waals surface area contributed by atoms with E-state index < -0.39 is 11.2 Å². The number of benzene rings is 2. The highest BCUT2D eigenvalue weighted by atomic mass is 32.2. The molecule has 2 aromatic carbocycles. The molecule has 0 saturated heterocycles. The molecule has 5 heteroatoms. The summed E-state index contributed by atoms with van der Waals surface area (Å²) in [6.45, 7) is 6.06. The Morgan fingerprint density at radius 2 is 1.76 bits per heavy atom. The normalized spacial score (nSPS) is 17.6. The summed E-state index contributed by atoms with van der Waals surface area (Å²) in [6, 6.07) is 15.5. The molecule has 1 aliphatic heterocycles. The summed E-state index contributed by atoms with van der Waals surface area (Å²) in [7, 11) is 0. The Bertz CT molecular complexity index is 787. The van der Waals surface area contributed by atoms with E-state index in [4.69, 9.17) is 0 Å². The summed E-state index contributed by atoms with van der Waals surface area (Å²) >= 11 is 1.45. The van der Waals surface area contributed by atoms with E-state index >= 15 is 0 Å². The maximum Gasteiger partial charge on any atom is 0.238 e. The molecule has 0 unspecified atom stereocenters. The minimum Gasteiger partial charge on any atom is -0.326 e. The van der Waals surface area contributed by atoms with Gasteiger partial charge in [0.25, 0.3) is 0 Å². The third-order valence-corrected chi connectivity index (χ3v) is 5.86. The molecule has 0 fully saturated rings. The van der Waals surface area contributed by atoms with Crippen molar-refractivity contribution in [3.8, 4) is 0 Å². The molecule has 0 radical (unpaired) electrons. The molecule has 0 bridgehead atoms. The summed E-state index contributed by atoms with van der Waals surface area (Å²) in [5.41, 5.74) is 2.79. The molecule has 1 aliphatic rings. The smallest absolute Gasteiger partial charge is 0.238 e. The lowest BCUT2D eigenvalue weighted by Crippen LogP contribution is -2.39. The summed E-state index contributed by atoms with van der Waals surface area (Å²) in [5, 5.41) is 5.37. The van der Waals surface area contributed by atoms with Crippen molar-refractivity contribution in [1.29, 1.82) is 0 Å². The highest BCUT2D eigenvalue weighted by Crippen LogP contribution is 2.38. The van der Waals surface area contributed by atoms with Gasteiger partial charge in [0.15, 0.2) is 0 Å². The average Bonchev–Trinajstić information content (AvgIpc) is 2.61. The quantitative estimate of drug-likeness (QED) is 0.850. The Kier molecular flexibility index (Phi) is 5.13. The lowest BCUT2D eigenvalue weighted by atomic mass is 10.0. The van der Waals surface area contributed by atoms with E-state index in [1.807, 2.05) is 48.5 Å². The number of fused-ring (bicyclic) bond motifs is 1. The molecule has 0 aromatic heterocycles. The molecular weight excluding hydrogens is 332 g/mol. The van der Waals surface area contributed by atoms with Gasteiger partial charge in [0.1, 0.15) is 0 Å². The molecule has 3 rings (SSSR count). The third-order valence-electron chi connectivity index (χ3n) is 4.37. The number of hydrogen-bond acceptors (Lipinski definition) is 3. The first-order chi connectivity index (χ1) is 12.0. The van der Waals surface area contributed by atoms with Crippen LogP contribution in [-0.2, 0) is 9.59 Å². The van der Waals surface area contributed by atoms with E-state index in [0.717, 1.165) is 16.3 Å². The van der Waals surface area contributed by atoms with Gasteiger partial charge in [0.2, 0.25) is 11.8 Å². The van der Waals surface area contributed by atoms with Gasteiger partial charge in [-0.25, -0.2) is 0 Å². The van der Waals surface area contributed by atoms with Crippen LogP contribution in [0.4, 0.5) is 11.4 Å². The summed E-state index contributed by atoms with van der Waals surface area (Å²) < 4.78 is 0. The predicted molar refractivity (Wildman–Crippen MR) is 103 cm³/mol. The second-order valence-electron chi connectivity index (χ2n) is 6.58. The van der Waals surface area contributed by atoms with Crippen LogP contribution in [0.3, 0.4) is 0 Å². The van der Waals surface area contributed by atoms with E-state index in [0.29, 0.717) is 5.92 Å². The van der Waals surface area contributed by atoms with Gasteiger partial charge >= 0.3 is 0 Å². The van der Waals surface area contributed by atoms with Gasteiger partial charge in [-0.2, -0.15) is 0 Å². The fourth-order valence-electron chi connectivity index (χ4n) is 2.74. The zero-order valence-corrected chi connectivity index (χ0v) is 15.4. The Labute approximate surface area is 152 Å². The van der Waals surface area contributed by atoms with Crippen LogP contribution in [0.15, 0.2) is 53.4 Å². The first kappa shape index (κ1) is 17.5. The Morgan fingerprint density at radius 1 is 1.08 bits per heavy atom. The highest BCUT2D eigenvalue weighted by molar-refractivity contribution is 8.01. The predicted octanol–water partition coefficient (Wildman–Crippen LogP) is 4.50. The molecule has 0 spiro atoms. The number of amides is 2. The van der Waals surface area contributed by atoms with Crippen LogP contribution in [0.2, 0.25) is 0 Å². The SMILES string of the molecule is CC(C)c1ccc(NC(=O)[C@H](C)[C@H]2Sc3ccccc3NC2=O)cc1. The molecule has 2 atom stereocenters. The maximum absolute atomic E-state index is 12.6. The van der Waals surface area contributed by atoms with E-state index in [9.17, 15) is 9.59 Å². The van der Waals surface area contributed by atoms with E-state index in [-0.39, 0.29) is 11.8 Å². The second-order valence-corrected chi connectivity index (χ2v) is 7.76. The highest BCUT2D eigenvalue weighted by Gasteiger charge is 2.35. The van der Waals surface area contributed by atoms with E-state index in [1.165, 1.54) is 17.3 Å². The van der Waals surface area contributed by atoms with E-state index in [2.05, 4.69) is 24.5 Å². The van der Waals surface area contributed by atoms with Crippen LogP contribution in [0, 0.1) is 5.92 Å². The van der Waals surface area contributed by atoms with Crippen LogP contribution in [0.5, 0.6) is 0 Å². The van der Waals surface area contributed by atoms with Crippen molar-refractivity contribution in [2.24, 2.45) is 5.92 Å². The second kappa shape index (κ2) is 7.31. The maximum atomic E-state index is 12.6. The number of carbonyl (C=O) groups is 2. The van der Waals surface area contributed by atoms with Crippen molar-refractivity contribution in [3.05, 3.63) is 54.1 Å². The van der Waals surface area contributed by atoms with Crippen molar-refractivity contribution < 1.29 is 9.59 Å². The van der Waals surface area contributed by atoms with Gasteiger partial charge in [-0.1, -0.05) is 45.0 Å². The minimum atomic E-state index is -0.442. The molecule has 25 heavy (non-hydrogen) atoms. The van der Waals surface area contributed by atoms with Crippen LogP contribution >= 0.6 is 11.8 Å². The fourth-order valence-corrected chi connectivity index (χ4v) is 3.91. The molecule has 2 aromatic rings. The molecule has 1 heterocycles. The number of hydrogen-bond donors (Lipinski definition) is 2. The number of rotatable bonds is 4. The number of nitrogens with one attached hydrogen (secondary N) is 2. The van der Waals surface area contributed by atoms with Crippen LogP contribution in [0.1, 0.15) is 32.3 Å². The Hall–Kier alpha value is -2.27. The Balaban J connectivity index is 1.69. The number of para-hydroxylation sites is 1. The van der Waals surface area contributed by atoms with Crippen molar-refractivity contribution in [2.75, 3.05) is 10.6 Å². The zero-order chi connectivity index (χ0) is 18.0.